The second kappa shape index (κ2) is 11.4. The minimum Gasteiger partial charge on any atom is -0.438 e. The second-order valence-corrected chi connectivity index (χ2v) is 12.6. The Balaban J connectivity index is 1.18. The van der Waals surface area contributed by atoms with E-state index in [-0.39, 0.29) is 0 Å². The summed E-state index contributed by atoms with van der Waals surface area (Å²) in [5.41, 5.74) is 12.4. The minimum absolute atomic E-state index is 0.588. The number of hydrogen-bond donors (Lipinski definition) is 0. The number of nitrogens with zero attached hydrogens (tertiary/aromatic N) is 3. The summed E-state index contributed by atoms with van der Waals surface area (Å²) in [7, 11) is 0. The van der Waals surface area contributed by atoms with Gasteiger partial charge in [-0.15, -0.1) is 0 Å². The van der Waals surface area contributed by atoms with Crippen molar-refractivity contribution < 1.29 is 4.42 Å². The van der Waals surface area contributed by atoms with Crippen molar-refractivity contribution in [3.63, 3.8) is 0 Å². The van der Waals surface area contributed by atoms with Gasteiger partial charge in [0, 0.05) is 33.0 Å². The van der Waals surface area contributed by atoms with Gasteiger partial charge in [-0.05, 0) is 70.8 Å². The molecule has 234 valence electrons. The molecule has 0 unspecified atom stereocenters. The van der Waals surface area contributed by atoms with Crippen molar-refractivity contribution in [2.24, 2.45) is 0 Å². The molecule has 3 aromatic heterocycles. The maximum Gasteiger partial charge on any atom is 0.231 e. The highest BCUT2D eigenvalue weighted by Gasteiger charge is 2.19. The predicted octanol–water partition coefficient (Wildman–Crippen LogP) is 12.1. The molecule has 0 N–H and O–H groups in total. The van der Waals surface area contributed by atoms with Crippen LogP contribution in [0.1, 0.15) is 0 Å². The van der Waals surface area contributed by atoms with Crippen molar-refractivity contribution in [2.75, 3.05) is 0 Å². The fourth-order valence-corrected chi connectivity index (χ4v) is 7.26. The molecule has 4 nitrogen and oxygen atoms in total. The number of furan rings is 1. The van der Waals surface area contributed by atoms with Gasteiger partial charge in [-0.1, -0.05) is 127 Å². The Morgan fingerprint density at radius 1 is 0.400 bits per heavy atom. The van der Waals surface area contributed by atoms with Gasteiger partial charge in [0.1, 0.15) is 5.58 Å². The molecule has 0 aliphatic carbocycles. The van der Waals surface area contributed by atoms with Gasteiger partial charge in [0.25, 0.3) is 0 Å². The van der Waals surface area contributed by atoms with Gasteiger partial charge in [-0.25, -0.2) is 4.98 Å². The van der Waals surface area contributed by atoms with Crippen molar-refractivity contribution in [2.45, 2.75) is 0 Å². The lowest BCUT2D eigenvalue weighted by molar-refractivity contribution is 0.653. The van der Waals surface area contributed by atoms with Gasteiger partial charge >= 0.3 is 0 Å². The number of hydrogen-bond acceptors (Lipinski definition) is 3. The Labute approximate surface area is 288 Å². The van der Waals surface area contributed by atoms with E-state index in [0.717, 1.165) is 50.0 Å². The third kappa shape index (κ3) is 4.61. The quantitative estimate of drug-likeness (QED) is 0.188. The van der Waals surface area contributed by atoms with Crippen LogP contribution in [0.3, 0.4) is 0 Å². The van der Waals surface area contributed by atoms with Gasteiger partial charge in [0.15, 0.2) is 5.82 Å². The van der Waals surface area contributed by atoms with E-state index in [2.05, 4.69) is 132 Å². The van der Waals surface area contributed by atoms with Gasteiger partial charge in [0.05, 0.1) is 22.1 Å². The first kappa shape index (κ1) is 28.3. The molecule has 0 aliphatic rings. The monoisotopic (exact) mass is 639 g/mol. The molecule has 7 aromatic carbocycles. The van der Waals surface area contributed by atoms with Gasteiger partial charge in [-0.2, -0.15) is 4.98 Å². The molecule has 0 bridgehead atoms. The molecule has 0 fully saturated rings. The summed E-state index contributed by atoms with van der Waals surface area (Å²) in [4.78, 5) is 10.1. The molecule has 0 aliphatic heterocycles. The molecule has 0 radical (unpaired) electrons. The zero-order chi connectivity index (χ0) is 33.0. The van der Waals surface area contributed by atoms with Crippen LogP contribution in [0.15, 0.2) is 180 Å². The fraction of sp³-hybridized carbons (Fsp3) is 0. The highest BCUT2D eigenvalue weighted by atomic mass is 16.3. The summed E-state index contributed by atoms with van der Waals surface area (Å²) < 4.78 is 8.68. The summed E-state index contributed by atoms with van der Waals surface area (Å²) in [6.07, 6.45) is 0. The van der Waals surface area contributed by atoms with Gasteiger partial charge < -0.3 is 8.98 Å². The SMILES string of the molecule is c1ccc(-c2ccc3c(c2)c2cc(-c4cccc(-c5nc(-c6ccccc6)nc6oc7ccccc7c56)c4)ccc2n3-c2ccccc2)cc1. The molecule has 0 amide bonds. The molecule has 0 atom stereocenters. The highest BCUT2D eigenvalue weighted by molar-refractivity contribution is 6.12. The average molecular weight is 640 g/mol. The van der Waals surface area contributed by atoms with Crippen molar-refractivity contribution in [1.29, 1.82) is 0 Å². The van der Waals surface area contributed by atoms with E-state index >= 15 is 0 Å². The summed E-state index contributed by atoms with van der Waals surface area (Å²) in [6.45, 7) is 0. The van der Waals surface area contributed by atoms with E-state index in [1.54, 1.807) is 0 Å². The Hall–Kier alpha value is -6.78. The smallest absolute Gasteiger partial charge is 0.231 e. The van der Waals surface area contributed by atoms with Crippen LogP contribution in [0.25, 0.3) is 94.5 Å². The predicted molar refractivity (Wildman–Crippen MR) is 205 cm³/mol. The lowest BCUT2D eigenvalue weighted by Gasteiger charge is -2.10. The van der Waals surface area contributed by atoms with Crippen LogP contribution in [-0.2, 0) is 0 Å². The lowest BCUT2D eigenvalue weighted by Crippen LogP contribution is -1.94. The van der Waals surface area contributed by atoms with Crippen LogP contribution >= 0.6 is 0 Å². The van der Waals surface area contributed by atoms with Crippen LogP contribution in [0.5, 0.6) is 0 Å². The topological polar surface area (TPSA) is 43.9 Å². The molecule has 10 aromatic rings. The third-order valence-corrected chi connectivity index (χ3v) is 9.63. The maximum atomic E-state index is 6.31. The number of benzene rings is 7. The van der Waals surface area contributed by atoms with Crippen LogP contribution in [-0.4, -0.2) is 14.5 Å². The van der Waals surface area contributed by atoms with Crippen molar-refractivity contribution in [3.8, 4) is 50.6 Å². The van der Waals surface area contributed by atoms with Crippen molar-refractivity contribution in [3.05, 3.63) is 176 Å². The number of rotatable bonds is 5. The fourth-order valence-electron chi connectivity index (χ4n) is 7.26. The van der Waals surface area contributed by atoms with E-state index in [1.807, 2.05) is 48.5 Å². The maximum absolute atomic E-state index is 6.31. The Kier molecular flexibility index (Phi) is 6.46. The van der Waals surface area contributed by atoms with Gasteiger partial charge in [-0.3, -0.25) is 0 Å². The lowest BCUT2D eigenvalue weighted by atomic mass is 9.97. The van der Waals surface area contributed by atoms with E-state index in [4.69, 9.17) is 14.4 Å². The minimum atomic E-state index is 0.588. The molecular weight excluding hydrogens is 611 g/mol. The first-order valence-corrected chi connectivity index (χ1v) is 16.8. The van der Waals surface area contributed by atoms with E-state index in [9.17, 15) is 0 Å². The molecule has 0 saturated heterocycles. The molecule has 0 saturated carbocycles. The van der Waals surface area contributed by atoms with Crippen LogP contribution in [0, 0.1) is 0 Å². The number of fused-ring (bicyclic) bond motifs is 6. The van der Waals surface area contributed by atoms with Crippen LogP contribution < -0.4 is 0 Å². The highest BCUT2D eigenvalue weighted by Crippen LogP contribution is 2.40. The Morgan fingerprint density at radius 3 is 1.68 bits per heavy atom. The summed E-state index contributed by atoms with van der Waals surface area (Å²) in [5.74, 6) is 0.641. The summed E-state index contributed by atoms with van der Waals surface area (Å²) >= 11 is 0. The molecule has 4 heteroatoms. The molecular formula is C46H29N3O. The van der Waals surface area contributed by atoms with E-state index in [1.165, 1.54) is 32.9 Å². The van der Waals surface area contributed by atoms with Crippen LogP contribution in [0.4, 0.5) is 0 Å². The van der Waals surface area contributed by atoms with Crippen molar-refractivity contribution in [1.82, 2.24) is 14.5 Å². The normalized spacial score (nSPS) is 11.6. The summed E-state index contributed by atoms with van der Waals surface area (Å²) in [6, 6.07) is 61.7. The van der Waals surface area contributed by atoms with Gasteiger partial charge in [0.2, 0.25) is 5.71 Å². The van der Waals surface area contributed by atoms with E-state index < -0.39 is 0 Å². The molecule has 50 heavy (non-hydrogen) atoms. The van der Waals surface area contributed by atoms with Crippen LogP contribution in [0.2, 0.25) is 0 Å². The largest absolute Gasteiger partial charge is 0.438 e. The summed E-state index contributed by atoms with van der Waals surface area (Å²) in [5, 5.41) is 4.36. The third-order valence-electron chi connectivity index (χ3n) is 9.63. The number of para-hydroxylation sites is 2. The van der Waals surface area contributed by atoms with Crippen molar-refractivity contribution >= 4 is 43.9 Å². The molecule has 10 rings (SSSR count). The number of aromatic nitrogens is 3. The second-order valence-electron chi connectivity index (χ2n) is 12.6. The molecule has 0 spiro atoms. The zero-order valence-electron chi connectivity index (χ0n) is 27.0. The first-order chi connectivity index (χ1) is 24.8. The standard InChI is InChI=1S/C46H29N3O/c1-4-13-30(14-5-1)33-23-25-40-38(28-33)39-29-34(24-26-41(39)49(40)36-19-8-3-9-20-36)32-17-12-18-35(27-32)44-43-37-21-10-11-22-42(37)50-46(43)48-45(47-44)31-15-6-2-7-16-31/h1-29H. The zero-order valence-corrected chi connectivity index (χ0v) is 27.0. The first-order valence-electron chi connectivity index (χ1n) is 16.8. The Morgan fingerprint density at radius 2 is 0.960 bits per heavy atom. The Bertz CT molecular complexity index is 2850. The average Bonchev–Trinajstić information content (AvgIpc) is 3.73. The molecule has 3 heterocycles. The van der Waals surface area contributed by atoms with E-state index in [0.29, 0.717) is 11.5 Å².